The molecule has 1 aromatic heterocycles. The number of benzene rings is 2. The zero-order valence-corrected chi connectivity index (χ0v) is 16.7. The van der Waals surface area contributed by atoms with Crippen LogP contribution in [0.4, 0.5) is 5.69 Å². The smallest absolute Gasteiger partial charge is 0.0653 e. The maximum atomic E-state index is 5.93. The maximum absolute atomic E-state index is 5.93. The molecule has 0 fully saturated rings. The summed E-state index contributed by atoms with van der Waals surface area (Å²) in [4.78, 5) is 6.94. The van der Waals surface area contributed by atoms with Crippen LogP contribution in [0, 0.1) is 0 Å². The van der Waals surface area contributed by atoms with Crippen LogP contribution >= 0.6 is 34.7 Å². The van der Waals surface area contributed by atoms with Crippen LogP contribution in [0.25, 0.3) is 0 Å². The Kier molecular flexibility index (Phi) is 6.35. The average molecular weight is 386 g/mol. The Morgan fingerprint density at radius 2 is 1.76 bits per heavy atom. The number of rotatable bonds is 6. The summed E-state index contributed by atoms with van der Waals surface area (Å²) < 4.78 is 1.25. The number of aliphatic imine (C=N–C) groups is 1. The number of hydrogen-bond donors (Lipinski definition) is 0. The molecular weight excluding hydrogens is 366 g/mol. The van der Waals surface area contributed by atoms with Gasteiger partial charge in [-0.25, -0.2) is 0 Å². The number of hydrogen-bond acceptors (Lipinski definition) is 3. The Bertz CT molecular complexity index is 835. The summed E-state index contributed by atoms with van der Waals surface area (Å²) in [5.41, 5.74) is 2.37. The first-order valence-corrected chi connectivity index (χ1v) is 10.3. The fraction of sp³-hybridized carbons (Fsp3) is 0.190. The fourth-order valence-corrected chi connectivity index (χ4v) is 4.46. The largest absolute Gasteiger partial charge is 0.255 e. The van der Waals surface area contributed by atoms with Gasteiger partial charge in [0, 0.05) is 21.0 Å². The van der Waals surface area contributed by atoms with E-state index in [1.807, 2.05) is 30.5 Å². The van der Waals surface area contributed by atoms with Crippen molar-refractivity contribution in [3.63, 3.8) is 0 Å². The van der Waals surface area contributed by atoms with Crippen molar-refractivity contribution in [2.24, 2.45) is 4.99 Å². The lowest BCUT2D eigenvalue weighted by Gasteiger charge is -2.08. The van der Waals surface area contributed by atoms with Crippen molar-refractivity contribution in [3.8, 4) is 0 Å². The highest BCUT2D eigenvalue weighted by Crippen LogP contribution is 2.33. The molecule has 0 aliphatic carbocycles. The summed E-state index contributed by atoms with van der Waals surface area (Å²) in [6.45, 7) is 4.47. The highest BCUT2D eigenvalue weighted by atomic mass is 35.5. The van der Waals surface area contributed by atoms with Gasteiger partial charge in [0.15, 0.2) is 0 Å². The first-order chi connectivity index (χ1) is 12.1. The number of thiophene rings is 1. The molecule has 0 aliphatic rings. The SMILES string of the molecule is CC[C@@H](C)c1ccc(N=Cc2ccc(Sc3ccc(Cl)cc3)s2)cc1. The number of halogens is 1. The predicted octanol–water partition coefficient (Wildman–Crippen LogP) is 7.82. The van der Waals surface area contributed by atoms with Gasteiger partial charge in [-0.1, -0.05) is 49.3 Å². The maximum Gasteiger partial charge on any atom is 0.0653 e. The molecule has 2 aromatic carbocycles. The van der Waals surface area contributed by atoms with Gasteiger partial charge < -0.3 is 0 Å². The highest BCUT2D eigenvalue weighted by Gasteiger charge is 2.03. The first-order valence-electron chi connectivity index (χ1n) is 8.31. The van der Waals surface area contributed by atoms with Crippen molar-refractivity contribution < 1.29 is 0 Å². The fourth-order valence-electron chi connectivity index (χ4n) is 2.34. The van der Waals surface area contributed by atoms with E-state index < -0.39 is 0 Å². The molecule has 4 heteroatoms. The van der Waals surface area contributed by atoms with E-state index in [0.717, 1.165) is 22.0 Å². The Morgan fingerprint density at radius 1 is 1.04 bits per heavy atom. The van der Waals surface area contributed by atoms with Gasteiger partial charge in [0.1, 0.15) is 0 Å². The van der Waals surface area contributed by atoms with E-state index in [-0.39, 0.29) is 0 Å². The monoisotopic (exact) mass is 385 g/mol. The second-order valence-electron chi connectivity index (χ2n) is 5.87. The molecule has 0 radical (unpaired) electrons. The molecule has 0 saturated carbocycles. The van der Waals surface area contributed by atoms with Crippen molar-refractivity contribution in [2.75, 3.05) is 0 Å². The van der Waals surface area contributed by atoms with Crippen molar-refractivity contribution in [3.05, 3.63) is 76.1 Å². The third kappa shape index (κ3) is 5.21. The van der Waals surface area contributed by atoms with Crippen LogP contribution in [0.3, 0.4) is 0 Å². The van der Waals surface area contributed by atoms with Gasteiger partial charge in [-0.3, -0.25) is 4.99 Å². The van der Waals surface area contributed by atoms with Crippen LogP contribution in [0.15, 0.2) is 74.8 Å². The van der Waals surface area contributed by atoms with Crippen molar-refractivity contribution in [1.82, 2.24) is 0 Å². The third-order valence-electron chi connectivity index (χ3n) is 4.05. The van der Waals surface area contributed by atoms with Crippen LogP contribution in [-0.2, 0) is 0 Å². The van der Waals surface area contributed by atoms with Crippen LogP contribution in [-0.4, -0.2) is 6.21 Å². The van der Waals surface area contributed by atoms with E-state index in [2.05, 4.69) is 55.2 Å². The van der Waals surface area contributed by atoms with Gasteiger partial charge in [0.2, 0.25) is 0 Å². The van der Waals surface area contributed by atoms with Crippen molar-refractivity contribution in [2.45, 2.75) is 35.3 Å². The summed E-state index contributed by atoms with van der Waals surface area (Å²) in [6, 6.07) is 20.7. The van der Waals surface area contributed by atoms with Gasteiger partial charge in [-0.15, -0.1) is 11.3 Å². The molecule has 1 nitrogen and oxygen atoms in total. The Labute approximate surface area is 162 Å². The minimum atomic E-state index is 0.600. The quantitative estimate of drug-likeness (QED) is 0.394. The minimum Gasteiger partial charge on any atom is -0.255 e. The predicted molar refractivity (Wildman–Crippen MR) is 112 cm³/mol. The zero-order chi connectivity index (χ0) is 17.6. The molecule has 3 rings (SSSR count). The summed E-state index contributed by atoms with van der Waals surface area (Å²) in [5.74, 6) is 0.600. The van der Waals surface area contributed by atoms with Crippen LogP contribution in [0.1, 0.15) is 36.6 Å². The normalized spacial score (nSPS) is 12.6. The molecule has 0 amide bonds. The topological polar surface area (TPSA) is 12.4 Å². The minimum absolute atomic E-state index is 0.600. The van der Waals surface area contributed by atoms with Crippen molar-refractivity contribution in [1.29, 1.82) is 0 Å². The van der Waals surface area contributed by atoms with Crippen molar-refractivity contribution >= 4 is 46.6 Å². The van der Waals surface area contributed by atoms with Gasteiger partial charge in [-0.05, 0) is 66.4 Å². The summed E-state index contributed by atoms with van der Waals surface area (Å²) in [7, 11) is 0. The van der Waals surface area contributed by atoms with E-state index in [9.17, 15) is 0 Å². The van der Waals surface area contributed by atoms with Crippen LogP contribution < -0.4 is 0 Å². The second kappa shape index (κ2) is 8.70. The molecule has 0 spiro atoms. The molecule has 1 heterocycles. The highest BCUT2D eigenvalue weighted by molar-refractivity contribution is 8.01. The first kappa shape index (κ1) is 18.2. The van der Waals surface area contributed by atoms with Gasteiger partial charge in [0.05, 0.1) is 9.90 Å². The lowest BCUT2D eigenvalue weighted by atomic mass is 9.99. The summed E-state index contributed by atoms with van der Waals surface area (Å²) in [5, 5.41) is 0.766. The third-order valence-corrected chi connectivity index (χ3v) is 6.46. The lowest BCUT2D eigenvalue weighted by Crippen LogP contribution is -1.89. The average Bonchev–Trinajstić information content (AvgIpc) is 3.09. The molecule has 0 N–H and O–H groups in total. The molecule has 0 bridgehead atoms. The molecule has 0 aliphatic heterocycles. The summed E-state index contributed by atoms with van der Waals surface area (Å²) in [6.07, 6.45) is 3.10. The molecule has 1 atom stereocenters. The molecule has 128 valence electrons. The zero-order valence-electron chi connectivity index (χ0n) is 14.3. The molecule has 0 unspecified atom stereocenters. The molecule has 3 aromatic rings. The molecular formula is C21H20ClNS2. The van der Waals surface area contributed by atoms with Gasteiger partial charge in [0.25, 0.3) is 0 Å². The Hall–Kier alpha value is -1.55. The van der Waals surface area contributed by atoms with E-state index in [1.54, 1.807) is 23.1 Å². The van der Waals surface area contributed by atoms with Gasteiger partial charge >= 0.3 is 0 Å². The standard InChI is InChI=1S/C21H20ClNS2/c1-3-15(2)16-4-8-18(9-5-16)23-14-20-12-13-21(25-20)24-19-10-6-17(22)7-11-19/h4-15H,3H2,1-2H3/t15-/m1/s1. The van der Waals surface area contributed by atoms with E-state index >= 15 is 0 Å². The van der Waals surface area contributed by atoms with Crippen LogP contribution in [0.5, 0.6) is 0 Å². The number of nitrogens with zero attached hydrogens (tertiary/aromatic N) is 1. The van der Waals surface area contributed by atoms with E-state index in [1.165, 1.54) is 14.7 Å². The Balaban J connectivity index is 1.64. The molecule has 0 saturated heterocycles. The Morgan fingerprint density at radius 3 is 2.44 bits per heavy atom. The molecule has 25 heavy (non-hydrogen) atoms. The second-order valence-corrected chi connectivity index (χ2v) is 8.80. The van der Waals surface area contributed by atoms with Gasteiger partial charge in [-0.2, -0.15) is 0 Å². The lowest BCUT2D eigenvalue weighted by molar-refractivity contribution is 0.734. The van der Waals surface area contributed by atoms with E-state index in [4.69, 9.17) is 11.6 Å². The summed E-state index contributed by atoms with van der Waals surface area (Å²) >= 11 is 9.42. The van der Waals surface area contributed by atoms with Crippen LogP contribution in [0.2, 0.25) is 5.02 Å². The van der Waals surface area contributed by atoms with E-state index in [0.29, 0.717) is 5.92 Å².